The van der Waals surface area contributed by atoms with Crippen LogP contribution in [0, 0.1) is 5.92 Å². The van der Waals surface area contributed by atoms with Gasteiger partial charge in [0.1, 0.15) is 11.8 Å². The number of methoxy groups -OCH3 is 2. The highest BCUT2D eigenvalue weighted by atomic mass is 16.5. The van der Waals surface area contributed by atoms with E-state index in [1.807, 2.05) is 4.90 Å². The van der Waals surface area contributed by atoms with Gasteiger partial charge in [-0.25, -0.2) is 9.69 Å². The first-order valence-electron chi connectivity index (χ1n) is 12.3. The van der Waals surface area contributed by atoms with E-state index in [-0.39, 0.29) is 12.3 Å². The Bertz CT molecular complexity index is 875. The van der Waals surface area contributed by atoms with Gasteiger partial charge >= 0.3 is 6.03 Å². The number of anilines is 1. The second kappa shape index (κ2) is 11.2. The lowest BCUT2D eigenvalue weighted by Crippen LogP contribution is -2.52. The first kappa shape index (κ1) is 24.5. The summed E-state index contributed by atoms with van der Waals surface area (Å²) in [5, 5.41) is 2.69. The number of nitrogens with zero attached hydrogens (tertiary/aromatic N) is 3. The van der Waals surface area contributed by atoms with Gasteiger partial charge in [-0.1, -0.05) is 6.42 Å². The molecule has 0 radical (unpaired) electrons. The van der Waals surface area contributed by atoms with Gasteiger partial charge in [0.25, 0.3) is 5.91 Å². The van der Waals surface area contributed by atoms with Crippen molar-refractivity contribution in [2.45, 2.75) is 50.6 Å². The smallest absolute Gasteiger partial charge is 0.329 e. The van der Waals surface area contributed by atoms with Gasteiger partial charge in [0.15, 0.2) is 0 Å². The maximum absolute atomic E-state index is 13.3. The lowest BCUT2D eigenvalue weighted by molar-refractivity contribution is -0.135. The van der Waals surface area contributed by atoms with Gasteiger partial charge in [-0.05, 0) is 69.0 Å². The van der Waals surface area contributed by atoms with Gasteiger partial charge in [0, 0.05) is 26.2 Å². The third-order valence-corrected chi connectivity index (χ3v) is 7.33. The molecule has 3 heterocycles. The molecule has 9 heteroatoms. The number of fused-ring (bicyclic) bond motifs is 1. The minimum Gasteiger partial charge on any atom is -0.497 e. The predicted octanol–water partition coefficient (Wildman–Crippen LogP) is 2.25. The van der Waals surface area contributed by atoms with Gasteiger partial charge < -0.3 is 24.6 Å². The Labute approximate surface area is 201 Å². The van der Waals surface area contributed by atoms with E-state index >= 15 is 0 Å². The number of hydrogen-bond donors (Lipinski definition) is 1. The van der Waals surface area contributed by atoms with Crippen LogP contribution in [0.1, 0.15) is 38.5 Å². The van der Waals surface area contributed by atoms with Crippen LogP contribution in [0.2, 0.25) is 0 Å². The second-order valence-electron chi connectivity index (χ2n) is 9.41. The summed E-state index contributed by atoms with van der Waals surface area (Å²) >= 11 is 0. The Morgan fingerprint density at radius 1 is 1.09 bits per heavy atom. The van der Waals surface area contributed by atoms with Crippen molar-refractivity contribution < 1.29 is 23.9 Å². The molecule has 4 amide bonds. The van der Waals surface area contributed by atoms with Crippen molar-refractivity contribution in [3.63, 3.8) is 0 Å². The summed E-state index contributed by atoms with van der Waals surface area (Å²) in [7, 11) is 3.18. The van der Waals surface area contributed by atoms with Crippen molar-refractivity contribution in [1.82, 2.24) is 15.1 Å². The summed E-state index contributed by atoms with van der Waals surface area (Å²) in [6, 6.07) is 5.85. The topological polar surface area (TPSA) is 91.4 Å². The zero-order valence-corrected chi connectivity index (χ0v) is 20.2. The van der Waals surface area contributed by atoms with Crippen LogP contribution < -0.4 is 15.0 Å². The van der Waals surface area contributed by atoms with Crippen LogP contribution in [0.4, 0.5) is 10.5 Å². The largest absolute Gasteiger partial charge is 0.497 e. The van der Waals surface area contributed by atoms with Crippen LogP contribution in [-0.2, 0) is 14.3 Å². The maximum atomic E-state index is 13.3. The Morgan fingerprint density at radius 2 is 1.85 bits per heavy atom. The van der Waals surface area contributed by atoms with Crippen LogP contribution in [0.15, 0.2) is 24.3 Å². The molecule has 3 fully saturated rings. The molecule has 0 spiro atoms. The highest BCUT2D eigenvalue weighted by Gasteiger charge is 2.41. The second-order valence-corrected chi connectivity index (χ2v) is 9.41. The molecular formula is C25H36N4O5. The van der Waals surface area contributed by atoms with E-state index in [2.05, 4.69) is 10.2 Å². The minimum atomic E-state index is -0.871. The summed E-state index contributed by atoms with van der Waals surface area (Å²) in [5.41, 5.74) is 0.453. The number of benzene rings is 1. The van der Waals surface area contributed by atoms with E-state index in [1.54, 1.807) is 38.5 Å². The summed E-state index contributed by atoms with van der Waals surface area (Å²) in [5.74, 6) is 0.529. The molecule has 0 unspecified atom stereocenters. The number of rotatable bonds is 9. The zero-order valence-electron chi connectivity index (χ0n) is 20.2. The van der Waals surface area contributed by atoms with E-state index in [1.165, 1.54) is 19.3 Å². The van der Waals surface area contributed by atoms with Crippen LogP contribution in [0.5, 0.6) is 5.75 Å². The average Bonchev–Trinajstić information content (AvgIpc) is 3.14. The summed E-state index contributed by atoms with van der Waals surface area (Å²) in [4.78, 5) is 44.4. The molecule has 9 nitrogen and oxygen atoms in total. The van der Waals surface area contributed by atoms with Crippen molar-refractivity contribution in [1.29, 1.82) is 0 Å². The van der Waals surface area contributed by atoms with Crippen LogP contribution >= 0.6 is 0 Å². The number of ether oxygens (including phenoxy) is 2. The molecule has 1 aromatic carbocycles. The van der Waals surface area contributed by atoms with Gasteiger partial charge in [-0.15, -0.1) is 0 Å². The molecular weight excluding hydrogens is 436 g/mol. The number of carbonyl (C=O) groups excluding carboxylic acids is 3. The Hall–Kier alpha value is -2.65. The first-order chi connectivity index (χ1) is 16.5. The lowest BCUT2D eigenvalue weighted by atomic mass is 9.83. The molecule has 3 saturated heterocycles. The zero-order chi connectivity index (χ0) is 24.1. The average molecular weight is 473 g/mol. The van der Waals surface area contributed by atoms with E-state index in [0.717, 1.165) is 30.8 Å². The lowest BCUT2D eigenvalue weighted by Gasteiger charge is -2.45. The molecule has 0 bridgehead atoms. The summed E-state index contributed by atoms with van der Waals surface area (Å²) in [6.07, 6.45) is 5.90. The Morgan fingerprint density at radius 3 is 2.59 bits per heavy atom. The fourth-order valence-electron chi connectivity index (χ4n) is 5.54. The highest BCUT2D eigenvalue weighted by molar-refractivity contribution is 6.22. The number of amides is 4. The van der Waals surface area contributed by atoms with E-state index < -0.39 is 18.0 Å². The van der Waals surface area contributed by atoms with Crippen LogP contribution in [0.3, 0.4) is 0 Å². The minimum absolute atomic E-state index is 0.0535. The van der Waals surface area contributed by atoms with Crippen molar-refractivity contribution in [2.75, 3.05) is 51.9 Å². The van der Waals surface area contributed by atoms with Crippen LogP contribution in [-0.4, -0.2) is 86.7 Å². The van der Waals surface area contributed by atoms with Gasteiger partial charge in [-0.3, -0.25) is 9.59 Å². The van der Waals surface area contributed by atoms with Crippen molar-refractivity contribution >= 4 is 23.5 Å². The third-order valence-electron chi connectivity index (χ3n) is 7.33. The maximum Gasteiger partial charge on any atom is 0.329 e. The molecule has 4 rings (SSSR count). The van der Waals surface area contributed by atoms with Crippen molar-refractivity contribution in [2.24, 2.45) is 5.92 Å². The van der Waals surface area contributed by atoms with E-state index in [9.17, 15) is 14.4 Å². The monoisotopic (exact) mass is 472 g/mol. The molecule has 3 aliphatic heterocycles. The fourth-order valence-corrected chi connectivity index (χ4v) is 5.54. The number of carbonyl (C=O) groups is 3. The standard InChI is InChI=1S/C25H36N4O5/c1-33-15-14-28(17-18-6-5-13-27-12-4-3-7-22(18)27)23(30)16-21-24(31)29(25(32)26-21)19-8-10-20(34-2)11-9-19/h8-11,18,21-22H,3-7,12-17H2,1-2H3,(H,26,32)/t18-,21+,22-/m0/s1. The Balaban J connectivity index is 1.41. The van der Waals surface area contributed by atoms with Gasteiger partial charge in [-0.2, -0.15) is 0 Å². The van der Waals surface area contributed by atoms with Gasteiger partial charge in [0.05, 0.1) is 25.8 Å². The number of piperidine rings is 2. The first-order valence-corrected chi connectivity index (χ1v) is 12.3. The molecule has 0 aliphatic carbocycles. The molecule has 3 aliphatic rings. The molecule has 1 aromatic rings. The fraction of sp³-hybridized carbons (Fsp3) is 0.640. The SMILES string of the molecule is COCCN(C[C@@H]1CCCN2CCCC[C@@H]12)C(=O)C[C@H]1NC(=O)N(c2ccc(OC)cc2)C1=O. The quantitative estimate of drug-likeness (QED) is 0.555. The van der Waals surface area contributed by atoms with E-state index in [4.69, 9.17) is 9.47 Å². The molecule has 3 atom stereocenters. The molecule has 1 N–H and O–H groups in total. The van der Waals surface area contributed by atoms with Crippen molar-refractivity contribution in [3.8, 4) is 5.75 Å². The third kappa shape index (κ3) is 5.36. The number of hydrogen-bond acceptors (Lipinski definition) is 6. The predicted molar refractivity (Wildman–Crippen MR) is 128 cm³/mol. The number of imide groups is 1. The molecule has 0 aromatic heterocycles. The highest BCUT2D eigenvalue weighted by Crippen LogP contribution is 2.32. The summed E-state index contributed by atoms with van der Waals surface area (Å²) in [6.45, 7) is 3.89. The molecule has 34 heavy (non-hydrogen) atoms. The number of urea groups is 1. The van der Waals surface area contributed by atoms with Crippen LogP contribution in [0.25, 0.3) is 0 Å². The molecule has 186 valence electrons. The van der Waals surface area contributed by atoms with Crippen molar-refractivity contribution in [3.05, 3.63) is 24.3 Å². The molecule has 0 saturated carbocycles. The Kier molecular flexibility index (Phi) is 8.05. The van der Waals surface area contributed by atoms with E-state index in [0.29, 0.717) is 43.1 Å². The summed E-state index contributed by atoms with van der Waals surface area (Å²) < 4.78 is 10.4. The van der Waals surface area contributed by atoms with Gasteiger partial charge in [0.2, 0.25) is 5.91 Å². The number of nitrogens with one attached hydrogen (secondary N) is 1. The normalized spacial score (nSPS) is 25.1.